The van der Waals surface area contributed by atoms with Gasteiger partial charge >= 0.3 is 6.09 Å². The minimum atomic E-state index is -1.02. The Morgan fingerprint density at radius 2 is 0.844 bits per heavy atom. The third-order valence-corrected chi connectivity index (χ3v) is 10.3. The zero-order valence-electron chi connectivity index (χ0n) is 30.6. The lowest BCUT2D eigenvalue weighted by Gasteiger charge is -2.32. The summed E-state index contributed by atoms with van der Waals surface area (Å²) in [6.07, 6.45) is 42.3. The van der Waals surface area contributed by atoms with Gasteiger partial charge in [-0.05, 0) is 20.3 Å². The molecule has 0 bridgehead atoms. The van der Waals surface area contributed by atoms with E-state index in [0.717, 1.165) is 12.8 Å². The predicted molar refractivity (Wildman–Crippen MR) is 193 cm³/mol. The van der Waals surface area contributed by atoms with Crippen LogP contribution >= 0.6 is 0 Å². The van der Waals surface area contributed by atoms with Crippen LogP contribution in [-0.4, -0.2) is 45.7 Å². The summed E-state index contributed by atoms with van der Waals surface area (Å²) in [5, 5.41) is 20.0. The van der Waals surface area contributed by atoms with Crippen molar-refractivity contribution in [2.75, 3.05) is 6.61 Å². The van der Waals surface area contributed by atoms with E-state index in [1.807, 2.05) is 0 Å². The molecule has 1 saturated heterocycles. The Morgan fingerprint density at radius 1 is 0.578 bits per heavy atom. The Hall–Kier alpha value is -0.810. The first-order valence-electron chi connectivity index (χ1n) is 20.2. The van der Waals surface area contributed by atoms with Crippen molar-refractivity contribution in [3.63, 3.8) is 0 Å². The molecule has 0 radical (unpaired) electrons. The number of aliphatic hydroxyl groups excluding tert-OH is 1. The molecule has 0 aliphatic carbocycles. The Bertz CT molecular complexity index is 654. The van der Waals surface area contributed by atoms with Gasteiger partial charge in [-0.3, -0.25) is 4.90 Å². The maximum absolute atomic E-state index is 11.6. The van der Waals surface area contributed by atoms with Gasteiger partial charge in [0.1, 0.15) is 5.72 Å². The van der Waals surface area contributed by atoms with Gasteiger partial charge in [0, 0.05) is 0 Å². The number of amides is 1. The molecule has 2 N–H and O–H groups in total. The Labute approximate surface area is 281 Å². The van der Waals surface area contributed by atoms with Gasteiger partial charge in [0.05, 0.1) is 18.8 Å². The molecule has 0 aromatic carbocycles. The lowest BCUT2D eigenvalue weighted by atomic mass is 10.0. The van der Waals surface area contributed by atoms with Crippen LogP contribution in [0, 0.1) is 0 Å². The fraction of sp³-hybridized carbons (Fsp3) is 0.975. The van der Waals surface area contributed by atoms with Crippen LogP contribution < -0.4 is 0 Å². The molecule has 5 heteroatoms. The lowest BCUT2D eigenvalue weighted by molar-refractivity contribution is -0.0469. The quantitative estimate of drug-likeness (QED) is 0.0702. The van der Waals surface area contributed by atoms with Crippen LogP contribution in [-0.2, 0) is 4.74 Å². The molecule has 0 unspecified atom stereocenters. The molecule has 1 rings (SSSR count). The minimum Gasteiger partial charge on any atom is -0.465 e. The number of hydrogen-bond acceptors (Lipinski definition) is 3. The van der Waals surface area contributed by atoms with Crippen molar-refractivity contribution in [1.82, 2.24) is 4.90 Å². The van der Waals surface area contributed by atoms with Crippen molar-refractivity contribution in [2.24, 2.45) is 0 Å². The molecule has 1 aliphatic heterocycles. The third kappa shape index (κ3) is 23.2. The van der Waals surface area contributed by atoms with Gasteiger partial charge in [-0.1, -0.05) is 206 Å². The predicted octanol–water partition coefficient (Wildman–Crippen LogP) is 13.0. The minimum absolute atomic E-state index is 0.278. The van der Waals surface area contributed by atoms with E-state index in [4.69, 9.17) is 4.74 Å². The first-order valence-corrected chi connectivity index (χ1v) is 20.2. The van der Waals surface area contributed by atoms with Crippen molar-refractivity contribution in [2.45, 2.75) is 244 Å². The summed E-state index contributed by atoms with van der Waals surface area (Å²) < 4.78 is 5.60. The second-order valence-electron chi connectivity index (χ2n) is 14.9. The third-order valence-electron chi connectivity index (χ3n) is 10.3. The first kappa shape index (κ1) is 42.2. The van der Waals surface area contributed by atoms with E-state index < -0.39 is 24.0 Å². The smallest absolute Gasteiger partial charge is 0.409 e. The number of unbranched alkanes of at least 4 members (excludes halogenated alkanes) is 30. The van der Waals surface area contributed by atoms with E-state index in [2.05, 4.69) is 6.92 Å². The standard InChI is InChI=1S/C40H79NO4/c1-4-5-6-7-8-9-10-11-12-13-14-15-16-17-18-19-20-21-22-23-24-25-26-27-28-29-30-31-32-33-34-35-38(42)37-36-45-40(2,3)41(37)39(43)44/h37-38,42H,4-36H2,1-3H3,(H,43,44)/t37-,38+/m0/s1. The maximum Gasteiger partial charge on any atom is 0.409 e. The lowest BCUT2D eigenvalue weighted by Crippen LogP contribution is -2.51. The van der Waals surface area contributed by atoms with E-state index in [9.17, 15) is 15.0 Å². The number of rotatable bonds is 33. The van der Waals surface area contributed by atoms with E-state index in [-0.39, 0.29) is 6.61 Å². The van der Waals surface area contributed by atoms with Gasteiger partial charge in [0.25, 0.3) is 0 Å². The molecule has 45 heavy (non-hydrogen) atoms. The number of ether oxygens (including phenoxy) is 1. The summed E-state index contributed by atoms with van der Waals surface area (Å²) in [5.41, 5.74) is -0.859. The van der Waals surface area contributed by atoms with Gasteiger partial charge in [-0.2, -0.15) is 0 Å². The maximum atomic E-state index is 11.6. The summed E-state index contributed by atoms with van der Waals surface area (Å²) in [7, 11) is 0. The van der Waals surface area contributed by atoms with E-state index in [1.54, 1.807) is 13.8 Å². The van der Waals surface area contributed by atoms with Gasteiger partial charge in [-0.25, -0.2) is 4.79 Å². The number of aliphatic hydroxyl groups is 1. The van der Waals surface area contributed by atoms with Gasteiger partial charge in [0.15, 0.2) is 0 Å². The van der Waals surface area contributed by atoms with Crippen LogP contribution in [0.1, 0.15) is 226 Å². The van der Waals surface area contributed by atoms with Gasteiger partial charge in [0.2, 0.25) is 0 Å². The van der Waals surface area contributed by atoms with Crippen molar-refractivity contribution in [3.05, 3.63) is 0 Å². The highest BCUT2D eigenvalue weighted by atomic mass is 16.5. The van der Waals surface area contributed by atoms with E-state index >= 15 is 0 Å². The summed E-state index contributed by atoms with van der Waals surface area (Å²) in [4.78, 5) is 12.9. The average Bonchev–Trinajstić information content (AvgIpc) is 3.34. The Morgan fingerprint density at radius 3 is 1.11 bits per heavy atom. The molecule has 1 fully saturated rings. The molecular weight excluding hydrogens is 558 g/mol. The number of carboxylic acid groups (broad SMARTS) is 1. The van der Waals surface area contributed by atoms with Gasteiger partial charge < -0.3 is 14.9 Å². The highest BCUT2D eigenvalue weighted by Gasteiger charge is 2.46. The fourth-order valence-corrected chi connectivity index (χ4v) is 7.23. The Kier molecular flexibility index (Phi) is 27.5. The molecule has 268 valence electrons. The Balaban J connectivity index is 1.72. The van der Waals surface area contributed by atoms with Crippen LogP contribution in [0.15, 0.2) is 0 Å². The molecule has 0 aromatic rings. The van der Waals surface area contributed by atoms with Crippen LogP contribution in [0.3, 0.4) is 0 Å². The monoisotopic (exact) mass is 638 g/mol. The molecule has 1 amide bonds. The zero-order chi connectivity index (χ0) is 32.9. The molecule has 5 nitrogen and oxygen atoms in total. The van der Waals surface area contributed by atoms with Crippen LogP contribution in [0.2, 0.25) is 0 Å². The summed E-state index contributed by atoms with van der Waals surface area (Å²) in [5.74, 6) is 0. The topological polar surface area (TPSA) is 70.0 Å². The van der Waals surface area contributed by atoms with Crippen molar-refractivity contribution >= 4 is 6.09 Å². The second kappa shape index (κ2) is 29.3. The number of hydrogen-bond donors (Lipinski definition) is 2. The first-order chi connectivity index (χ1) is 21.9. The normalized spacial score (nSPS) is 16.9. The summed E-state index contributed by atoms with van der Waals surface area (Å²) in [6.45, 7) is 6.07. The SMILES string of the molecule is CCCCCCCCCCCCCCCCCCCCCCCCCCCCCCCCC[C@@H](O)[C@@H]1COC(C)(C)N1C(=O)O. The largest absolute Gasteiger partial charge is 0.465 e. The summed E-state index contributed by atoms with van der Waals surface area (Å²) in [6, 6.07) is -0.453. The fourth-order valence-electron chi connectivity index (χ4n) is 7.23. The van der Waals surface area contributed by atoms with E-state index in [1.165, 1.54) is 191 Å². The van der Waals surface area contributed by atoms with Crippen molar-refractivity contribution < 1.29 is 19.7 Å². The molecule has 0 aromatic heterocycles. The van der Waals surface area contributed by atoms with Crippen LogP contribution in [0.4, 0.5) is 4.79 Å². The van der Waals surface area contributed by atoms with Crippen molar-refractivity contribution in [3.8, 4) is 0 Å². The number of nitrogens with zero attached hydrogens (tertiary/aromatic N) is 1. The van der Waals surface area contributed by atoms with Crippen molar-refractivity contribution in [1.29, 1.82) is 0 Å². The molecule has 0 spiro atoms. The van der Waals surface area contributed by atoms with Crippen LogP contribution in [0.25, 0.3) is 0 Å². The molecule has 1 aliphatic rings. The number of carbonyl (C=O) groups is 1. The molecule has 2 atom stereocenters. The highest BCUT2D eigenvalue weighted by Crippen LogP contribution is 2.30. The van der Waals surface area contributed by atoms with Gasteiger partial charge in [-0.15, -0.1) is 0 Å². The average molecular weight is 638 g/mol. The summed E-state index contributed by atoms with van der Waals surface area (Å²) >= 11 is 0. The van der Waals surface area contributed by atoms with E-state index in [0.29, 0.717) is 6.42 Å². The second-order valence-corrected chi connectivity index (χ2v) is 14.9. The highest BCUT2D eigenvalue weighted by molar-refractivity contribution is 5.66. The van der Waals surface area contributed by atoms with Crippen LogP contribution in [0.5, 0.6) is 0 Å². The molecule has 0 saturated carbocycles. The zero-order valence-corrected chi connectivity index (χ0v) is 30.6. The molecule has 1 heterocycles. The molecular formula is C40H79NO4.